The molecule has 26 heavy (non-hydrogen) atoms. The lowest BCUT2D eigenvalue weighted by molar-refractivity contribution is 0.102. The van der Waals surface area contributed by atoms with Crippen LogP contribution in [0, 0.1) is 0 Å². The number of fused-ring (bicyclic) bond motifs is 1. The third-order valence-electron chi connectivity index (χ3n) is 3.53. The van der Waals surface area contributed by atoms with E-state index in [1.165, 1.54) is 28.7 Å². The number of H-pyrrole nitrogens is 2. The molecule has 0 spiro atoms. The number of benzene rings is 1. The fourth-order valence-electron chi connectivity index (χ4n) is 2.32. The van der Waals surface area contributed by atoms with Crippen LogP contribution in [-0.2, 0) is 0 Å². The van der Waals surface area contributed by atoms with Crippen LogP contribution in [0.5, 0.6) is 0 Å². The summed E-state index contributed by atoms with van der Waals surface area (Å²) >= 11 is 8.63. The summed E-state index contributed by atoms with van der Waals surface area (Å²) in [5.74, 6) is -0.371. The lowest BCUT2D eigenvalue weighted by Gasteiger charge is -2.03. The number of halogens is 1. The number of carbonyl (C=O) groups is 1. The zero-order chi connectivity index (χ0) is 18.3. The first-order valence-electron chi connectivity index (χ1n) is 7.28. The van der Waals surface area contributed by atoms with Gasteiger partial charge in [-0.3, -0.25) is 19.7 Å². The molecule has 130 valence electrons. The van der Waals surface area contributed by atoms with Crippen LogP contribution >= 0.6 is 34.3 Å². The maximum atomic E-state index is 12.4. The number of aromatic nitrogens is 3. The second-order valence-electron chi connectivity index (χ2n) is 5.26. The standard InChI is InChI=1S/C16H9ClN4O3S2/c17-12-4-3-11(26-12)10-6-25-16(20-10)21-13(22)7-1-2-8-9(5-7)19-15(24)14(23)18-8/h1-6H,(H,18,23)(H,19,24)(H,20,21,22). The summed E-state index contributed by atoms with van der Waals surface area (Å²) in [5.41, 5.74) is 0.374. The maximum Gasteiger partial charge on any atom is 0.314 e. The molecule has 3 N–H and O–H groups in total. The summed E-state index contributed by atoms with van der Waals surface area (Å²) in [6, 6.07) is 8.27. The van der Waals surface area contributed by atoms with Gasteiger partial charge in [0.2, 0.25) is 0 Å². The Labute approximate surface area is 158 Å². The van der Waals surface area contributed by atoms with E-state index < -0.39 is 11.1 Å². The molecule has 1 amide bonds. The van der Waals surface area contributed by atoms with E-state index in [0.29, 0.717) is 26.1 Å². The van der Waals surface area contributed by atoms with Crippen molar-refractivity contribution in [2.75, 3.05) is 5.32 Å². The molecule has 0 saturated carbocycles. The Kier molecular flexibility index (Phi) is 4.19. The minimum atomic E-state index is -0.769. The van der Waals surface area contributed by atoms with Gasteiger partial charge in [-0.2, -0.15) is 0 Å². The van der Waals surface area contributed by atoms with E-state index in [-0.39, 0.29) is 5.91 Å². The van der Waals surface area contributed by atoms with Crippen LogP contribution in [0.3, 0.4) is 0 Å². The highest BCUT2D eigenvalue weighted by molar-refractivity contribution is 7.20. The van der Waals surface area contributed by atoms with Crippen LogP contribution in [-0.4, -0.2) is 20.9 Å². The summed E-state index contributed by atoms with van der Waals surface area (Å²) < 4.78 is 0.668. The Balaban J connectivity index is 1.59. The second kappa shape index (κ2) is 6.52. The molecule has 0 aliphatic rings. The van der Waals surface area contributed by atoms with Gasteiger partial charge in [0.25, 0.3) is 5.91 Å². The summed E-state index contributed by atoms with van der Waals surface area (Å²) in [6.07, 6.45) is 0. The second-order valence-corrected chi connectivity index (χ2v) is 7.84. The molecule has 4 rings (SSSR count). The Morgan fingerprint density at radius 1 is 1.08 bits per heavy atom. The number of amides is 1. The summed E-state index contributed by atoms with van der Waals surface area (Å²) in [4.78, 5) is 45.4. The lowest BCUT2D eigenvalue weighted by Crippen LogP contribution is -2.29. The predicted molar refractivity (Wildman–Crippen MR) is 104 cm³/mol. The smallest absolute Gasteiger partial charge is 0.314 e. The van der Waals surface area contributed by atoms with Gasteiger partial charge < -0.3 is 9.97 Å². The third kappa shape index (κ3) is 3.19. The maximum absolute atomic E-state index is 12.4. The zero-order valence-electron chi connectivity index (χ0n) is 12.8. The monoisotopic (exact) mass is 404 g/mol. The highest BCUT2D eigenvalue weighted by Crippen LogP contribution is 2.32. The number of hydrogen-bond donors (Lipinski definition) is 3. The van der Waals surface area contributed by atoms with Crippen LogP contribution < -0.4 is 16.4 Å². The van der Waals surface area contributed by atoms with Crippen LogP contribution in [0.25, 0.3) is 21.6 Å². The molecular formula is C16H9ClN4O3S2. The number of nitrogens with zero attached hydrogens (tertiary/aromatic N) is 1. The Hall–Kier alpha value is -2.75. The topological polar surface area (TPSA) is 108 Å². The van der Waals surface area contributed by atoms with Crippen molar-refractivity contribution in [2.24, 2.45) is 0 Å². The van der Waals surface area contributed by atoms with Gasteiger partial charge in [0.1, 0.15) is 0 Å². The number of nitrogens with one attached hydrogen (secondary N) is 3. The molecule has 10 heteroatoms. The van der Waals surface area contributed by atoms with E-state index in [4.69, 9.17) is 11.6 Å². The highest BCUT2D eigenvalue weighted by atomic mass is 35.5. The van der Waals surface area contributed by atoms with E-state index in [1.807, 2.05) is 11.4 Å². The van der Waals surface area contributed by atoms with Crippen molar-refractivity contribution in [1.82, 2.24) is 15.0 Å². The largest absolute Gasteiger partial charge is 0.316 e. The molecule has 4 aromatic rings. The lowest BCUT2D eigenvalue weighted by atomic mass is 10.2. The van der Waals surface area contributed by atoms with Crippen molar-refractivity contribution in [2.45, 2.75) is 0 Å². The fourth-order valence-corrected chi connectivity index (χ4v) is 4.11. The first kappa shape index (κ1) is 16.7. The van der Waals surface area contributed by atoms with Gasteiger partial charge in [0.05, 0.1) is 25.9 Å². The van der Waals surface area contributed by atoms with E-state index in [2.05, 4.69) is 20.3 Å². The Bertz CT molecular complexity index is 1250. The van der Waals surface area contributed by atoms with Crippen LogP contribution in [0.1, 0.15) is 10.4 Å². The van der Waals surface area contributed by atoms with E-state index in [9.17, 15) is 14.4 Å². The first-order chi connectivity index (χ1) is 12.5. The highest BCUT2D eigenvalue weighted by Gasteiger charge is 2.12. The van der Waals surface area contributed by atoms with Crippen molar-refractivity contribution in [3.8, 4) is 10.6 Å². The number of carbonyl (C=O) groups excluding carboxylic acids is 1. The van der Waals surface area contributed by atoms with Gasteiger partial charge in [-0.05, 0) is 30.3 Å². The molecule has 0 atom stereocenters. The van der Waals surface area contributed by atoms with E-state index in [1.54, 1.807) is 18.2 Å². The molecule has 0 fully saturated rings. The minimum absolute atomic E-state index is 0.330. The molecule has 0 radical (unpaired) electrons. The third-order valence-corrected chi connectivity index (χ3v) is 5.55. The van der Waals surface area contributed by atoms with Crippen LogP contribution in [0.2, 0.25) is 4.34 Å². The quantitative estimate of drug-likeness (QED) is 0.455. The number of thiophene rings is 1. The molecule has 7 nitrogen and oxygen atoms in total. The minimum Gasteiger partial charge on any atom is -0.316 e. The molecule has 0 aliphatic heterocycles. The molecular weight excluding hydrogens is 396 g/mol. The number of anilines is 1. The molecule has 0 unspecified atom stereocenters. The Morgan fingerprint density at radius 2 is 1.85 bits per heavy atom. The van der Waals surface area contributed by atoms with Gasteiger partial charge in [-0.25, -0.2) is 4.98 Å². The molecule has 1 aromatic carbocycles. The molecule has 3 heterocycles. The summed E-state index contributed by atoms with van der Waals surface area (Å²) in [7, 11) is 0. The fraction of sp³-hybridized carbons (Fsp3) is 0. The van der Waals surface area contributed by atoms with Gasteiger partial charge >= 0.3 is 11.1 Å². The van der Waals surface area contributed by atoms with Crippen LogP contribution in [0.4, 0.5) is 5.13 Å². The Morgan fingerprint density at radius 3 is 2.58 bits per heavy atom. The molecule has 0 bridgehead atoms. The number of thiazole rings is 1. The van der Waals surface area contributed by atoms with Gasteiger partial charge in [0.15, 0.2) is 5.13 Å². The number of rotatable bonds is 3. The predicted octanol–water partition coefficient (Wildman–Crippen LogP) is 3.31. The van der Waals surface area contributed by atoms with Crippen molar-refractivity contribution >= 4 is 56.3 Å². The normalized spacial score (nSPS) is 11.0. The first-order valence-corrected chi connectivity index (χ1v) is 9.36. The average Bonchev–Trinajstić information content (AvgIpc) is 3.24. The molecule has 0 saturated heterocycles. The van der Waals surface area contributed by atoms with Gasteiger partial charge in [-0.1, -0.05) is 11.6 Å². The van der Waals surface area contributed by atoms with Gasteiger partial charge in [0, 0.05) is 10.9 Å². The van der Waals surface area contributed by atoms with E-state index >= 15 is 0 Å². The number of hydrogen-bond acceptors (Lipinski definition) is 6. The molecule has 3 aromatic heterocycles. The summed E-state index contributed by atoms with van der Waals surface area (Å²) in [5, 5.41) is 5.00. The van der Waals surface area contributed by atoms with Crippen molar-refractivity contribution in [3.63, 3.8) is 0 Å². The van der Waals surface area contributed by atoms with E-state index in [0.717, 1.165) is 10.6 Å². The van der Waals surface area contributed by atoms with Gasteiger partial charge in [-0.15, -0.1) is 22.7 Å². The number of aromatic amines is 2. The van der Waals surface area contributed by atoms with Crippen molar-refractivity contribution in [1.29, 1.82) is 0 Å². The summed E-state index contributed by atoms with van der Waals surface area (Å²) in [6.45, 7) is 0. The molecule has 0 aliphatic carbocycles. The van der Waals surface area contributed by atoms with Crippen LogP contribution in [0.15, 0.2) is 45.3 Å². The zero-order valence-corrected chi connectivity index (χ0v) is 15.2. The van der Waals surface area contributed by atoms with Crippen molar-refractivity contribution < 1.29 is 4.79 Å². The average molecular weight is 405 g/mol. The van der Waals surface area contributed by atoms with Crippen molar-refractivity contribution in [3.05, 3.63) is 66.3 Å². The SMILES string of the molecule is O=C(Nc1nc(-c2ccc(Cl)s2)cs1)c1ccc2[nH]c(=O)c(=O)[nH]c2c1.